The second-order valence-electron chi connectivity index (χ2n) is 7.92. The van der Waals surface area contributed by atoms with Crippen molar-refractivity contribution in [3.63, 3.8) is 0 Å². The van der Waals surface area contributed by atoms with Gasteiger partial charge in [0.05, 0.1) is 11.6 Å². The molecule has 0 spiro atoms. The number of hydrogen-bond donors (Lipinski definition) is 1. The Labute approximate surface area is 206 Å². The average Bonchev–Trinajstić information content (AvgIpc) is 3.08. The molecule has 1 N–H and O–H groups in total. The van der Waals surface area contributed by atoms with Crippen LogP contribution in [-0.4, -0.2) is 33.3 Å². The molecule has 1 aliphatic heterocycles. The van der Waals surface area contributed by atoms with Gasteiger partial charge >= 0.3 is 0 Å². The van der Waals surface area contributed by atoms with Crippen molar-refractivity contribution in [1.82, 2.24) is 9.88 Å². The van der Waals surface area contributed by atoms with Gasteiger partial charge in [-0.3, -0.25) is 14.6 Å². The monoisotopic (exact) mass is 518 g/mol. The van der Waals surface area contributed by atoms with Crippen LogP contribution in [-0.2, 0) is 16.1 Å². The second kappa shape index (κ2) is 10.1. The first-order chi connectivity index (χ1) is 16.4. The van der Waals surface area contributed by atoms with Gasteiger partial charge in [-0.05, 0) is 60.0 Å². The summed E-state index contributed by atoms with van der Waals surface area (Å²) in [5.74, 6) is -0.981. The number of hydrogen-bond acceptors (Lipinski definition) is 5. The van der Waals surface area contributed by atoms with E-state index in [1.165, 1.54) is 4.90 Å². The minimum absolute atomic E-state index is 0.0547. The van der Waals surface area contributed by atoms with Crippen LogP contribution < -0.4 is 4.74 Å². The maximum absolute atomic E-state index is 13.2. The van der Waals surface area contributed by atoms with Crippen LogP contribution >= 0.6 is 15.9 Å². The fourth-order valence-electron chi connectivity index (χ4n) is 4.01. The van der Waals surface area contributed by atoms with Crippen molar-refractivity contribution in [2.45, 2.75) is 19.5 Å². The van der Waals surface area contributed by atoms with Crippen molar-refractivity contribution >= 4 is 33.4 Å². The van der Waals surface area contributed by atoms with Crippen LogP contribution in [0, 0.1) is 6.92 Å². The highest BCUT2D eigenvalue weighted by molar-refractivity contribution is 9.10. The van der Waals surface area contributed by atoms with E-state index in [-0.39, 0.29) is 17.9 Å². The molecule has 1 fully saturated rings. The Balaban J connectivity index is 1.82. The number of carbonyl (C=O) groups excluding carboxylic acids is 2. The van der Waals surface area contributed by atoms with Gasteiger partial charge < -0.3 is 14.7 Å². The molecule has 1 aromatic heterocycles. The second-order valence-corrected chi connectivity index (χ2v) is 8.83. The summed E-state index contributed by atoms with van der Waals surface area (Å²) in [6, 6.07) is 15.4. The number of likely N-dealkylation sites (tertiary alicyclic amines) is 1. The van der Waals surface area contributed by atoms with Gasteiger partial charge in [0.1, 0.15) is 18.1 Å². The number of halogens is 1. The summed E-state index contributed by atoms with van der Waals surface area (Å²) in [7, 11) is 0. The molecule has 2 heterocycles. The minimum atomic E-state index is -0.746. The zero-order valence-corrected chi connectivity index (χ0v) is 20.2. The van der Waals surface area contributed by atoms with Gasteiger partial charge in [-0.2, -0.15) is 0 Å². The standard InChI is InChI=1S/C27H23BrN2O4/c1-3-13-34-21-10-11-22(17(2)14-21)25(31)23-24(19-6-8-20(28)9-7-19)30(27(33)26(23)32)16-18-5-4-12-29-15-18/h3-12,14-15,24,31H,1,13,16H2,2H3/b25-23+. The minimum Gasteiger partial charge on any atom is -0.507 e. The van der Waals surface area contributed by atoms with Gasteiger partial charge in [-0.25, -0.2) is 0 Å². The first-order valence-corrected chi connectivity index (χ1v) is 11.5. The molecule has 1 saturated heterocycles. The first-order valence-electron chi connectivity index (χ1n) is 10.7. The van der Waals surface area contributed by atoms with E-state index in [1.54, 1.807) is 42.7 Å². The molecule has 4 rings (SSSR count). The predicted molar refractivity (Wildman–Crippen MR) is 133 cm³/mol. The smallest absolute Gasteiger partial charge is 0.295 e. The van der Waals surface area contributed by atoms with Crippen LogP contribution in [0.4, 0.5) is 0 Å². The summed E-state index contributed by atoms with van der Waals surface area (Å²) in [6.45, 7) is 5.99. The molecule has 1 aliphatic rings. The van der Waals surface area contributed by atoms with Crippen LogP contribution in [0.1, 0.15) is 28.3 Å². The fourth-order valence-corrected chi connectivity index (χ4v) is 4.28. The van der Waals surface area contributed by atoms with E-state index < -0.39 is 17.7 Å². The van der Waals surface area contributed by atoms with Crippen molar-refractivity contribution in [3.05, 3.63) is 112 Å². The number of carbonyl (C=O) groups is 2. The Kier molecular flexibility index (Phi) is 6.93. The van der Waals surface area contributed by atoms with Crippen LogP contribution in [0.3, 0.4) is 0 Å². The van der Waals surface area contributed by atoms with Crippen molar-refractivity contribution in [2.24, 2.45) is 0 Å². The van der Waals surface area contributed by atoms with E-state index in [9.17, 15) is 14.7 Å². The third kappa shape index (κ3) is 4.65. The molecule has 0 saturated carbocycles. The molecule has 172 valence electrons. The van der Waals surface area contributed by atoms with Gasteiger partial charge in [-0.1, -0.05) is 46.8 Å². The number of amides is 1. The van der Waals surface area contributed by atoms with Crippen molar-refractivity contribution in [2.75, 3.05) is 6.61 Å². The Morgan fingerprint density at radius 3 is 2.62 bits per heavy atom. The quantitative estimate of drug-likeness (QED) is 0.197. The highest BCUT2D eigenvalue weighted by Crippen LogP contribution is 2.41. The Hall–Kier alpha value is -3.71. The maximum Gasteiger partial charge on any atom is 0.295 e. The first kappa shape index (κ1) is 23.4. The molecule has 0 aliphatic carbocycles. The van der Waals surface area contributed by atoms with Gasteiger partial charge in [0, 0.05) is 29.0 Å². The molecule has 34 heavy (non-hydrogen) atoms. The number of aliphatic hydroxyl groups excluding tert-OH is 1. The predicted octanol–water partition coefficient (Wildman–Crippen LogP) is 5.34. The summed E-state index contributed by atoms with van der Waals surface area (Å²) in [6.07, 6.45) is 4.95. The normalized spacial score (nSPS) is 17.1. The average molecular weight is 519 g/mol. The van der Waals surface area contributed by atoms with Gasteiger partial charge in [-0.15, -0.1) is 0 Å². The van der Waals surface area contributed by atoms with Crippen molar-refractivity contribution in [1.29, 1.82) is 0 Å². The number of ketones is 1. The number of benzene rings is 2. The molecular weight excluding hydrogens is 496 g/mol. The molecule has 0 bridgehead atoms. The number of ether oxygens (including phenoxy) is 1. The van der Waals surface area contributed by atoms with Crippen LogP contribution in [0.15, 0.2) is 89.7 Å². The van der Waals surface area contributed by atoms with Gasteiger partial charge in [0.25, 0.3) is 11.7 Å². The summed E-state index contributed by atoms with van der Waals surface area (Å²) < 4.78 is 6.43. The molecule has 0 radical (unpaired) electrons. The Morgan fingerprint density at radius 2 is 1.97 bits per heavy atom. The highest BCUT2D eigenvalue weighted by Gasteiger charge is 2.46. The number of aromatic nitrogens is 1. The molecule has 7 heteroatoms. The fraction of sp³-hybridized carbons (Fsp3) is 0.148. The van der Waals surface area contributed by atoms with E-state index in [0.717, 1.165) is 15.6 Å². The number of aryl methyl sites for hydroxylation is 1. The maximum atomic E-state index is 13.2. The Morgan fingerprint density at radius 1 is 1.21 bits per heavy atom. The Bertz CT molecular complexity index is 1270. The highest BCUT2D eigenvalue weighted by atomic mass is 79.9. The number of pyridine rings is 1. The van der Waals surface area contributed by atoms with E-state index in [1.807, 2.05) is 37.3 Å². The third-order valence-electron chi connectivity index (χ3n) is 5.62. The summed E-state index contributed by atoms with van der Waals surface area (Å²) in [4.78, 5) is 31.9. The lowest BCUT2D eigenvalue weighted by Crippen LogP contribution is -2.29. The van der Waals surface area contributed by atoms with Gasteiger partial charge in [0.2, 0.25) is 0 Å². The van der Waals surface area contributed by atoms with E-state index in [2.05, 4.69) is 27.5 Å². The summed E-state index contributed by atoms with van der Waals surface area (Å²) in [5.41, 5.74) is 2.74. The molecular formula is C27H23BrN2O4. The zero-order valence-electron chi connectivity index (χ0n) is 18.6. The molecule has 1 atom stereocenters. The number of nitrogens with zero attached hydrogens (tertiary/aromatic N) is 2. The largest absolute Gasteiger partial charge is 0.507 e. The SMILES string of the molecule is C=CCOc1ccc(/C(O)=C2\C(=O)C(=O)N(Cc3cccnc3)C2c2ccc(Br)cc2)c(C)c1. The van der Waals surface area contributed by atoms with Crippen LogP contribution in [0.2, 0.25) is 0 Å². The lowest BCUT2D eigenvalue weighted by atomic mass is 9.94. The number of rotatable bonds is 7. The summed E-state index contributed by atoms with van der Waals surface area (Å²) >= 11 is 3.43. The van der Waals surface area contributed by atoms with Crippen LogP contribution in [0.5, 0.6) is 5.75 Å². The topological polar surface area (TPSA) is 79.7 Å². The summed E-state index contributed by atoms with van der Waals surface area (Å²) in [5, 5.41) is 11.3. The zero-order chi connectivity index (χ0) is 24.2. The molecule has 3 aromatic rings. The van der Waals surface area contributed by atoms with Crippen molar-refractivity contribution in [3.8, 4) is 5.75 Å². The lowest BCUT2D eigenvalue weighted by Gasteiger charge is -2.25. The number of Topliss-reactive ketones (excluding diaryl/α,β-unsaturated/α-hetero) is 1. The van der Waals surface area contributed by atoms with E-state index in [4.69, 9.17) is 4.74 Å². The van der Waals surface area contributed by atoms with E-state index in [0.29, 0.717) is 23.5 Å². The van der Waals surface area contributed by atoms with E-state index >= 15 is 0 Å². The molecule has 2 aromatic carbocycles. The van der Waals surface area contributed by atoms with Gasteiger partial charge in [0.15, 0.2) is 0 Å². The lowest BCUT2D eigenvalue weighted by molar-refractivity contribution is -0.140. The molecule has 6 nitrogen and oxygen atoms in total. The molecule has 1 amide bonds. The third-order valence-corrected chi connectivity index (χ3v) is 6.15. The molecule has 1 unspecified atom stereocenters. The van der Waals surface area contributed by atoms with Crippen molar-refractivity contribution < 1.29 is 19.4 Å². The number of aliphatic hydroxyl groups is 1. The van der Waals surface area contributed by atoms with Crippen LogP contribution in [0.25, 0.3) is 5.76 Å².